The number of rotatable bonds is 3. The van der Waals surface area contributed by atoms with Gasteiger partial charge in [-0.1, -0.05) is 22.0 Å². The summed E-state index contributed by atoms with van der Waals surface area (Å²) in [6.45, 7) is 0. The molecule has 0 amide bonds. The van der Waals surface area contributed by atoms with Crippen LogP contribution in [-0.2, 0) is 0 Å². The molecule has 4 heteroatoms. The number of thiol groups is 2. The first-order valence-electron chi connectivity index (χ1n) is 3.77. The van der Waals surface area contributed by atoms with Crippen LogP contribution in [0.1, 0.15) is 16.8 Å². The molecular weight excluding hydrogens is 268 g/mol. The van der Waals surface area contributed by atoms with Crippen molar-refractivity contribution in [1.29, 1.82) is 0 Å². The van der Waals surface area contributed by atoms with Gasteiger partial charge in [0.25, 0.3) is 0 Å². The first-order chi connectivity index (χ1) is 6.16. The quantitative estimate of drug-likeness (QED) is 0.493. The minimum absolute atomic E-state index is 0.0764. The van der Waals surface area contributed by atoms with Crippen LogP contribution in [0.2, 0.25) is 0 Å². The Kier molecular flexibility index (Phi) is 4.35. The van der Waals surface area contributed by atoms with Gasteiger partial charge < -0.3 is 0 Å². The second-order valence-corrected chi connectivity index (χ2v) is 4.29. The van der Waals surface area contributed by atoms with Crippen molar-refractivity contribution >= 4 is 47.0 Å². The molecule has 0 bridgehead atoms. The van der Waals surface area contributed by atoms with Crippen molar-refractivity contribution in [1.82, 2.24) is 0 Å². The summed E-state index contributed by atoms with van der Waals surface area (Å²) < 4.78 is 0. The molecule has 1 nitrogen and oxygen atoms in total. The lowest BCUT2D eigenvalue weighted by molar-refractivity contribution is 0.0984. The molecule has 0 heterocycles. The Morgan fingerprint density at radius 1 is 1.31 bits per heavy atom. The van der Waals surface area contributed by atoms with Crippen molar-refractivity contribution < 1.29 is 4.79 Å². The summed E-state index contributed by atoms with van der Waals surface area (Å²) in [5.41, 5.74) is 0.619. The molecule has 0 spiro atoms. The second kappa shape index (κ2) is 5.08. The van der Waals surface area contributed by atoms with E-state index in [4.69, 9.17) is 0 Å². The third-order valence-electron chi connectivity index (χ3n) is 1.62. The molecule has 0 unspecified atom stereocenters. The van der Waals surface area contributed by atoms with Crippen LogP contribution >= 0.6 is 41.2 Å². The number of halogens is 1. The predicted molar refractivity (Wildman–Crippen MR) is 63.7 cm³/mol. The van der Waals surface area contributed by atoms with Crippen molar-refractivity contribution in [2.75, 3.05) is 5.33 Å². The summed E-state index contributed by atoms with van der Waals surface area (Å²) in [7, 11) is 0. The van der Waals surface area contributed by atoms with Crippen molar-refractivity contribution in [3.63, 3.8) is 0 Å². The number of carbonyl (C=O) groups is 1. The molecule has 13 heavy (non-hydrogen) atoms. The van der Waals surface area contributed by atoms with Gasteiger partial charge in [-0.15, -0.1) is 25.3 Å². The highest BCUT2D eigenvalue weighted by Crippen LogP contribution is 2.23. The van der Waals surface area contributed by atoms with Crippen LogP contribution in [0, 0.1) is 0 Å². The van der Waals surface area contributed by atoms with E-state index in [2.05, 4.69) is 41.2 Å². The number of alkyl halides is 1. The van der Waals surface area contributed by atoms with Gasteiger partial charge in [0, 0.05) is 27.1 Å². The van der Waals surface area contributed by atoms with Gasteiger partial charge in [-0.05, 0) is 12.1 Å². The summed E-state index contributed by atoms with van der Waals surface area (Å²) in [5, 5.41) is 0.668. The molecule has 1 rings (SSSR count). The van der Waals surface area contributed by atoms with Gasteiger partial charge in [0.05, 0.1) is 0 Å². The second-order valence-electron chi connectivity index (χ2n) is 2.53. The monoisotopic (exact) mass is 276 g/mol. The highest BCUT2D eigenvalue weighted by Gasteiger charge is 2.11. The van der Waals surface area contributed by atoms with Crippen molar-refractivity contribution in [3.05, 3.63) is 23.8 Å². The van der Waals surface area contributed by atoms with Gasteiger partial charge in [-0.3, -0.25) is 4.79 Å². The Morgan fingerprint density at radius 3 is 2.31 bits per heavy atom. The Morgan fingerprint density at radius 2 is 1.85 bits per heavy atom. The van der Waals surface area contributed by atoms with Crippen LogP contribution < -0.4 is 0 Å². The van der Waals surface area contributed by atoms with Crippen LogP contribution in [0.4, 0.5) is 0 Å². The molecule has 0 radical (unpaired) electrons. The Balaban J connectivity index is 3.05. The fourth-order valence-corrected chi connectivity index (χ4v) is 2.14. The van der Waals surface area contributed by atoms with E-state index in [0.29, 0.717) is 27.1 Å². The average Bonchev–Trinajstić information content (AvgIpc) is 2.04. The largest absolute Gasteiger partial charge is 0.294 e. The molecule has 0 aliphatic heterocycles. The van der Waals surface area contributed by atoms with Crippen LogP contribution in [0.25, 0.3) is 0 Å². The summed E-state index contributed by atoms with van der Waals surface area (Å²) >= 11 is 11.7. The number of carbonyl (C=O) groups excluding carboxylic acids is 1. The van der Waals surface area contributed by atoms with E-state index in [1.165, 1.54) is 0 Å². The van der Waals surface area contributed by atoms with Crippen molar-refractivity contribution in [3.8, 4) is 0 Å². The number of hydrogen-bond donors (Lipinski definition) is 2. The van der Waals surface area contributed by atoms with Gasteiger partial charge in [0.2, 0.25) is 0 Å². The fraction of sp³-hybridized carbons (Fsp3) is 0.222. The first-order valence-corrected chi connectivity index (χ1v) is 5.78. The molecule has 0 aliphatic carbocycles. The molecule has 0 atom stereocenters. The summed E-state index contributed by atoms with van der Waals surface area (Å²) in [6, 6.07) is 5.42. The maximum absolute atomic E-state index is 11.6. The molecule has 0 saturated heterocycles. The number of hydrogen-bond acceptors (Lipinski definition) is 3. The van der Waals surface area contributed by atoms with Gasteiger partial charge >= 0.3 is 0 Å². The normalized spacial score (nSPS) is 10.1. The Bertz CT molecular complexity index is 305. The van der Waals surface area contributed by atoms with Gasteiger partial charge in [-0.25, -0.2) is 0 Å². The Hall–Kier alpha value is 0.0700. The maximum Gasteiger partial charge on any atom is 0.165 e. The minimum Gasteiger partial charge on any atom is -0.294 e. The molecule has 0 fully saturated rings. The summed E-state index contributed by atoms with van der Waals surface area (Å²) in [4.78, 5) is 12.9. The molecule has 0 aliphatic rings. The van der Waals surface area contributed by atoms with Crippen LogP contribution in [-0.4, -0.2) is 11.1 Å². The van der Waals surface area contributed by atoms with E-state index in [9.17, 15) is 4.79 Å². The molecule has 0 aromatic heterocycles. The Labute approximate surface area is 96.9 Å². The molecule has 1 aromatic carbocycles. The molecule has 0 N–H and O–H groups in total. The molecule has 1 aromatic rings. The van der Waals surface area contributed by atoms with E-state index in [0.717, 1.165) is 0 Å². The first kappa shape index (κ1) is 11.1. The predicted octanol–water partition coefficient (Wildman–Crippen LogP) is 3.23. The topological polar surface area (TPSA) is 17.1 Å². The van der Waals surface area contributed by atoms with Gasteiger partial charge in [-0.2, -0.15) is 0 Å². The van der Waals surface area contributed by atoms with E-state index < -0.39 is 0 Å². The smallest absolute Gasteiger partial charge is 0.165 e. The van der Waals surface area contributed by atoms with Gasteiger partial charge in [0.15, 0.2) is 5.78 Å². The maximum atomic E-state index is 11.6. The van der Waals surface area contributed by atoms with E-state index in [1.54, 1.807) is 12.1 Å². The van der Waals surface area contributed by atoms with E-state index in [-0.39, 0.29) is 5.78 Å². The standard InChI is InChI=1S/C9H9BrOS2/c10-5-4-6(11)9-7(12)2-1-3-8(9)13/h1-3,12-13H,4-5H2. The number of Topliss-reactive ketones (excluding diaryl/α,β-unsaturated/α-hetero) is 1. The lowest BCUT2D eigenvalue weighted by Gasteiger charge is -2.05. The zero-order chi connectivity index (χ0) is 9.84. The fourth-order valence-electron chi connectivity index (χ4n) is 1.02. The average molecular weight is 277 g/mol. The minimum atomic E-state index is 0.0764. The molecular formula is C9H9BrOS2. The highest BCUT2D eigenvalue weighted by molar-refractivity contribution is 9.09. The summed E-state index contributed by atoms with van der Waals surface area (Å²) in [5.74, 6) is 0.0764. The lowest BCUT2D eigenvalue weighted by Crippen LogP contribution is -2.02. The number of benzene rings is 1. The van der Waals surface area contributed by atoms with Gasteiger partial charge in [0.1, 0.15) is 0 Å². The van der Waals surface area contributed by atoms with Crippen LogP contribution in [0.5, 0.6) is 0 Å². The lowest BCUT2D eigenvalue weighted by atomic mass is 10.1. The number of ketones is 1. The zero-order valence-corrected chi connectivity index (χ0v) is 10.2. The third kappa shape index (κ3) is 2.76. The van der Waals surface area contributed by atoms with Crippen LogP contribution in [0.15, 0.2) is 28.0 Å². The summed E-state index contributed by atoms with van der Waals surface area (Å²) in [6.07, 6.45) is 0.477. The highest BCUT2D eigenvalue weighted by atomic mass is 79.9. The molecule has 0 saturated carbocycles. The van der Waals surface area contributed by atoms with E-state index in [1.807, 2.05) is 6.07 Å². The zero-order valence-electron chi connectivity index (χ0n) is 6.83. The van der Waals surface area contributed by atoms with Crippen molar-refractivity contribution in [2.45, 2.75) is 16.2 Å². The van der Waals surface area contributed by atoms with Crippen molar-refractivity contribution in [2.24, 2.45) is 0 Å². The third-order valence-corrected chi connectivity index (χ3v) is 2.76. The SMILES string of the molecule is O=C(CCBr)c1c(S)cccc1S. The van der Waals surface area contributed by atoms with E-state index >= 15 is 0 Å². The molecule has 70 valence electrons. The van der Waals surface area contributed by atoms with Crippen LogP contribution in [0.3, 0.4) is 0 Å².